The van der Waals surface area contributed by atoms with Gasteiger partial charge in [0.15, 0.2) is 9.84 Å². The lowest BCUT2D eigenvalue weighted by atomic mass is 9.66. The second-order valence-corrected chi connectivity index (χ2v) is 9.46. The van der Waals surface area contributed by atoms with Crippen LogP contribution in [0.3, 0.4) is 0 Å². The highest BCUT2D eigenvalue weighted by atomic mass is 32.2. The van der Waals surface area contributed by atoms with Crippen molar-refractivity contribution in [3.8, 4) is 0 Å². The highest BCUT2D eigenvalue weighted by Gasteiger charge is 2.37. The quantitative estimate of drug-likeness (QED) is 0.875. The summed E-state index contributed by atoms with van der Waals surface area (Å²) < 4.78 is 23.4. The van der Waals surface area contributed by atoms with Crippen molar-refractivity contribution in [3.63, 3.8) is 0 Å². The minimum absolute atomic E-state index is 0.0604. The molecule has 6 heteroatoms. The van der Waals surface area contributed by atoms with E-state index in [1.54, 1.807) is 0 Å². The smallest absolute Gasteiger partial charge is 0.318 e. The molecular formula is C18H25NO4S. The molecule has 1 fully saturated rings. The molecule has 3 rings (SSSR count). The van der Waals surface area contributed by atoms with Crippen LogP contribution in [0, 0.1) is 5.41 Å². The molecule has 0 unspecified atom stereocenters. The van der Waals surface area contributed by atoms with E-state index in [0.29, 0.717) is 12.0 Å². The summed E-state index contributed by atoms with van der Waals surface area (Å²) in [6.45, 7) is 2.26. The van der Waals surface area contributed by atoms with Gasteiger partial charge in [0, 0.05) is 6.54 Å². The third kappa shape index (κ3) is 4.16. The second kappa shape index (κ2) is 6.84. The first-order valence-corrected chi connectivity index (χ1v) is 10.4. The first-order valence-electron chi connectivity index (χ1n) is 8.59. The number of carboxylic acids is 1. The van der Waals surface area contributed by atoms with Gasteiger partial charge in [-0.05, 0) is 61.7 Å². The Kier molecular flexibility index (Phi) is 4.97. The molecular weight excluding hydrogens is 326 g/mol. The van der Waals surface area contributed by atoms with Crippen LogP contribution in [0.2, 0.25) is 0 Å². The number of aliphatic carboxylic acids is 1. The number of rotatable bonds is 5. The summed E-state index contributed by atoms with van der Waals surface area (Å²) >= 11 is 0. The molecule has 1 spiro atoms. The topological polar surface area (TPSA) is 74.7 Å². The fraction of sp³-hybridized carbons (Fsp3) is 0.611. The number of benzene rings is 1. The third-order valence-electron chi connectivity index (χ3n) is 5.59. The fourth-order valence-electron chi connectivity index (χ4n) is 4.07. The maximum Gasteiger partial charge on any atom is 0.318 e. The van der Waals surface area contributed by atoms with Gasteiger partial charge in [-0.3, -0.25) is 4.79 Å². The lowest BCUT2D eigenvalue weighted by Gasteiger charge is -2.44. The molecule has 1 aliphatic carbocycles. The molecule has 0 radical (unpaired) electrons. The van der Waals surface area contributed by atoms with Crippen molar-refractivity contribution in [2.45, 2.75) is 32.1 Å². The summed E-state index contributed by atoms with van der Waals surface area (Å²) in [6.07, 6.45) is 5.69. The van der Waals surface area contributed by atoms with Gasteiger partial charge in [-0.1, -0.05) is 24.3 Å². The maximum absolute atomic E-state index is 11.7. The summed E-state index contributed by atoms with van der Waals surface area (Å²) in [4.78, 5) is 12.7. The average molecular weight is 351 g/mol. The molecule has 132 valence electrons. The first-order chi connectivity index (χ1) is 11.4. The van der Waals surface area contributed by atoms with Crippen molar-refractivity contribution in [2.24, 2.45) is 5.41 Å². The standard InChI is InChI=1S/C18H25NO4S/c20-17(21)14-24(22,23)12-11-19-9-7-18(8-10-19)6-5-15-3-1-2-4-16(15)13-18/h1-4H,5-14H2,(H,20,21). The van der Waals surface area contributed by atoms with Crippen molar-refractivity contribution in [2.75, 3.05) is 31.1 Å². The molecule has 1 aliphatic heterocycles. The number of likely N-dealkylation sites (tertiary alicyclic amines) is 1. The van der Waals surface area contributed by atoms with Crippen molar-refractivity contribution in [1.29, 1.82) is 0 Å². The largest absolute Gasteiger partial charge is 0.480 e. The fourth-order valence-corrected chi connectivity index (χ4v) is 5.13. The van der Waals surface area contributed by atoms with E-state index in [-0.39, 0.29) is 5.75 Å². The number of nitrogens with zero attached hydrogens (tertiary/aromatic N) is 1. The number of piperidine rings is 1. The Morgan fingerprint density at radius 3 is 2.46 bits per heavy atom. The molecule has 2 aliphatic rings. The normalized spacial score (nSPS) is 20.7. The molecule has 1 saturated heterocycles. The number of hydrogen-bond acceptors (Lipinski definition) is 4. The molecule has 0 bridgehead atoms. The monoisotopic (exact) mass is 351 g/mol. The molecule has 5 nitrogen and oxygen atoms in total. The van der Waals surface area contributed by atoms with Crippen LogP contribution in [-0.4, -0.2) is 55.5 Å². The van der Waals surface area contributed by atoms with Gasteiger partial charge in [-0.15, -0.1) is 0 Å². The van der Waals surface area contributed by atoms with Crippen LogP contribution in [-0.2, 0) is 27.5 Å². The summed E-state index contributed by atoms with van der Waals surface area (Å²) in [6, 6.07) is 8.68. The predicted molar refractivity (Wildman–Crippen MR) is 92.9 cm³/mol. The second-order valence-electron chi connectivity index (χ2n) is 7.27. The van der Waals surface area contributed by atoms with Crippen molar-refractivity contribution < 1.29 is 18.3 Å². The number of aryl methyl sites for hydroxylation is 1. The summed E-state index contributed by atoms with van der Waals surface area (Å²) in [5, 5.41) is 8.64. The van der Waals surface area contributed by atoms with Gasteiger partial charge in [-0.25, -0.2) is 8.42 Å². The van der Waals surface area contributed by atoms with Crippen LogP contribution in [0.25, 0.3) is 0 Å². The minimum Gasteiger partial charge on any atom is -0.480 e. The zero-order chi connectivity index (χ0) is 17.2. The zero-order valence-electron chi connectivity index (χ0n) is 13.9. The number of sulfone groups is 1. The SMILES string of the molecule is O=C(O)CS(=O)(=O)CCN1CCC2(CCc3ccccc3C2)CC1. The molecule has 1 N–H and O–H groups in total. The van der Waals surface area contributed by atoms with E-state index in [2.05, 4.69) is 29.2 Å². The van der Waals surface area contributed by atoms with Crippen LogP contribution in [0.1, 0.15) is 30.4 Å². The molecule has 0 aromatic heterocycles. The Morgan fingerprint density at radius 2 is 1.79 bits per heavy atom. The van der Waals surface area contributed by atoms with Crippen LogP contribution in [0.15, 0.2) is 24.3 Å². The molecule has 0 atom stereocenters. The van der Waals surface area contributed by atoms with Gasteiger partial charge < -0.3 is 10.0 Å². The van der Waals surface area contributed by atoms with Gasteiger partial charge in [0.1, 0.15) is 5.75 Å². The van der Waals surface area contributed by atoms with Crippen LogP contribution < -0.4 is 0 Å². The van der Waals surface area contributed by atoms with E-state index in [0.717, 1.165) is 38.8 Å². The Morgan fingerprint density at radius 1 is 1.12 bits per heavy atom. The van der Waals surface area contributed by atoms with Crippen LogP contribution in [0.4, 0.5) is 0 Å². The Balaban J connectivity index is 1.52. The van der Waals surface area contributed by atoms with Crippen molar-refractivity contribution >= 4 is 15.8 Å². The Labute approximate surface area is 143 Å². The lowest BCUT2D eigenvalue weighted by Crippen LogP contribution is -2.44. The average Bonchev–Trinajstić information content (AvgIpc) is 2.53. The van der Waals surface area contributed by atoms with E-state index < -0.39 is 21.6 Å². The van der Waals surface area contributed by atoms with E-state index in [1.165, 1.54) is 17.5 Å². The maximum atomic E-state index is 11.7. The van der Waals surface area contributed by atoms with Crippen LogP contribution >= 0.6 is 0 Å². The number of carboxylic acid groups (broad SMARTS) is 1. The van der Waals surface area contributed by atoms with Crippen molar-refractivity contribution in [3.05, 3.63) is 35.4 Å². The highest BCUT2D eigenvalue weighted by molar-refractivity contribution is 7.92. The van der Waals surface area contributed by atoms with Gasteiger partial charge in [0.2, 0.25) is 0 Å². The van der Waals surface area contributed by atoms with E-state index in [9.17, 15) is 13.2 Å². The van der Waals surface area contributed by atoms with Gasteiger partial charge >= 0.3 is 5.97 Å². The predicted octanol–water partition coefficient (Wildman–Crippen LogP) is 1.76. The molecule has 24 heavy (non-hydrogen) atoms. The number of fused-ring (bicyclic) bond motifs is 1. The van der Waals surface area contributed by atoms with E-state index in [1.807, 2.05) is 0 Å². The summed E-state index contributed by atoms with van der Waals surface area (Å²) in [5.41, 5.74) is 3.32. The molecule has 0 saturated carbocycles. The molecule has 1 heterocycles. The minimum atomic E-state index is -3.49. The van der Waals surface area contributed by atoms with E-state index in [4.69, 9.17) is 5.11 Å². The Bertz CT molecular complexity index is 705. The lowest BCUT2D eigenvalue weighted by molar-refractivity contribution is -0.134. The van der Waals surface area contributed by atoms with Crippen LogP contribution in [0.5, 0.6) is 0 Å². The van der Waals surface area contributed by atoms with Gasteiger partial charge in [0.25, 0.3) is 0 Å². The van der Waals surface area contributed by atoms with E-state index >= 15 is 0 Å². The summed E-state index contributed by atoms with van der Waals surface area (Å²) in [7, 11) is -3.49. The third-order valence-corrected chi connectivity index (χ3v) is 7.08. The zero-order valence-corrected chi connectivity index (χ0v) is 14.7. The first kappa shape index (κ1) is 17.4. The number of hydrogen-bond donors (Lipinski definition) is 1. The molecule has 0 amide bonds. The summed E-state index contributed by atoms with van der Waals surface area (Å²) in [5.74, 6) is -2.09. The van der Waals surface area contributed by atoms with Crippen molar-refractivity contribution in [1.82, 2.24) is 4.90 Å². The number of carbonyl (C=O) groups is 1. The molecule has 1 aromatic rings. The van der Waals surface area contributed by atoms with Gasteiger partial charge in [-0.2, -0.15) is 0 Å². The van der Waals surface area contributed by atoms with Gasteiger partial charge in [0.05, 0.1) is 5.75 Å². The molecule has 1 aromatic carbocycles. The Hall–Kier alpha value is -1.40. The highest BCUT2D eigenvalue weighted by Crippen LogP contribution is 2.43.